The van der Waals surface area contributed by atoms with Crippen molar-refractivity contribution in [3.63, 3.8) is 0 Å². The van der Waals surface area contributed by atoms with E-state index in [1.807, 2.05) is 0 Å². The summed E-state index contributed by atoms with van der Waals surface area (Å²) in [6, 6.07) is 0. The lowest BCUT2D eigenvalue weighted by Crippen LogP contribution is -2.42. The maximum absolute atomic E-state index is 10.3. The standard InChI is InChI=1S/C4H8N3O4P/c1-7(4(5)6)2(3(8)9)12(10)11/h2H,1H3,(H3,5,6)(H,8,9). The third-order valence-electron chi connectivity index (χ3n) is 1.17. The first-order valence-electron chi connectivity index (χ1n) is 2.81. The highest BCUT2D eigenvalue weighted by atomic mass is 31.1. The largest absolute Gasteiger partial charge is 0.479 e. The molecular weight excluding hydrogens is 185 g/mol. The zero-order chi connectivity index (χ0) is 9.89. The number of nitrogens with zero attached hydrogens (tertiary/aromatic N) is 1. The summed E-state index contributed by atoms with van der Waals surface area (Å²) in [5, 5.41) is 15.2. The van der Waals surface area contributed by atoms with Crippen LogP contribution in [0.2, 0.25) is 0 Å². The lowest BCUT2D eigenvalue weighted by molar-refractivity contribution is -0.138. The lowest BCUT2D eigenvalue weighted by Gasteiger charge is -2.18. The van der Waals surface area contributed by atoms with Crippen molar-refractivity contribution in [2.45, 2.75) is 5.78 Å². The first kappa shape index (κ1) is 10.6. The molecule has 0 aliphatic carbocycles. The van der Waals surface area contributed by atoms with E-state index in [2.05, 4.69) is 0 Å². The molecule has 0 spiro atoms. The fraction of sp³-hybridized carbons (Fsp3) is 0.500. The second kappa shape index (κ2) is 3.87. The van der Waals surface area contributed by atoms with Crippen LogP contribution in [0, 0.1) is 5.41 Å². The Morgan fingerprint density at radius 2 is 2.08 bits per heavy atom. The van der Waals surface area contributed by atoms with Crippen LogP contribution in [-0.2, 0) is 13.9 Å². The number of carboxylic acids is 1. The van der Waals surface area contributed by atoms with Gasteiger partial charge >= 0.3 is 13.6 Å². The molecule has 0 aromatic rings. The Morgan fingerprint density at radius 3 is 2.17 bits per heavy atom. The summed E-state index contributed by atoms with van der Waals surface area (Å²) in [6.45, 7) is 0. The maximum atomic E-state index is 10.3. The van der Waals surface area contributed by atoms with Crippen molar-refractivity contribution in [1.82, 2.24) is 4.90 Å². The van der Waals surface area contributed by atoms with Gasteiger partial charge in [-0.2, -0.15) is 0 Å². The first-order valence-corrected chi connectivity index (χ1v) is 4.05. The van der Waals surface area contributed by atoms with Crippen molar-refractivity contribution >= 4 is 19.6 Å². The third kappa shape index (κ3) is 2.35. The van der Waals surface area contributed by atoms with Gasteiger partial charge in [0.1, 0.15) is 0 Å². The minimum absolute atomic E-state index is 0.610. The Balaban J connectivity index is 4.75. The van der Waals surface area contributed by atoms with Gasteiger partial charge in [0.2, 0.25) is 5.78 Å². The normalized spacial score (nSPS) is 11.8. The highest BCUT2D eigenvalue weighted by Gasteiger charge is 2.29. The molecule has 0 fully saturated rings. The summed E-state index contributed by atoms with van der Waals surface area (Å²) in [6.07, 6.45) is 0. The maximum Gasteiger partial charge on any atom is 0.350 e. The van der Waals surface area contributed by atoms with Gasteiger partial charge in [-0.25, -0.2) is 13.9 Å². The molecule has 12 heavy (non-hydrogen) atoms. The molecule has 8 heteroatoms. The van der Waals surface area contributed by atoms with E-state index < -0.39 is 25.4 Å². The molecule has 0 aliphatic heterocycles. The van der Waals surface area contributed by atoms with Crippen LogP contribution in [0.4, 0.5) is 0 Å². The van der Waals surface area contributed by atoms with E-state index in [0.717, 1.165) is 7.05 Å². The van der Waals surface area contributed by atoms with Crippen molar-refractivity contribution in [3.8, 4) is 0 Å². The number of nitrogens with two attached hydrogens (primary N) is 1. The quantitative estimate of drug-likeness (QED) is 0.312. The van der Waals surface area contributed by atoms with Gasteiger partial charge in [-0.05, 0) is 0 Å². The van der Waals surface area contributed by atoms with Crippen molar-refractivity contribution < 1.29 is 19.0 Å². The summed E-state index contributed by atoms with van der Waals surface area (Å²) < 4.78 is 20.7. The number of hydrogen-bond donors (Lipinski definition) is 3. The number of aliphatic carboxylic acids is 1. The van der Waals surface area contributed by atoms with Crippen LogP contribution >= 0.6 is 7.68 Å². The Morgan fingerprint density at radius 1 is 1.67 bits per heavy atom. The van der Waals surface area contributed by atoms with Gasteiger partial charge in [-0.3, -0.25) is 5.41 Å². The van der Waals surface area contributed by atoms with Gasteiger partial charge in [0.15, 0.2) is 5.96 Å². The number of hydrogen-bond acceptors (Lipinski definition) is 4. The van der Waals surface area contributed by atoms with E-state index in [4.69, 9.17) is 16.2 Å². The summed E-state index contributed by atoms with van der Waals surface area (Å²) >= 11 is 0. The fourth-order valence-electron chi connectivity index (χ4n) is 0.529. The Hall–Kier alpha value is -1.36. The highest BCUT2D eigenvalue weighted by molar-refractivity contribution is 7.33. The van der Waals surface area contributed by atoms with Gasteiger partial charge in [-0.15, -0.1) is 0 Å². The minimum atomic E-state index is -3.17. The molecule has 0 heterocycles. The van der Waals surface area contributed by atoms with Crippen LogP contribution in [0.25, 0.3) is 0 Å². The number of nitrogens with one attached hydrogen (secondary N) is 1. The SMILES string of the molecule is CN(C(=N)N)C(C(=O)O)P(=O)=O. The molecule has 0 saturated carbocycles. The molecule has 0 amide bonds. The third-order valence-corrected chi connectivity index (χ3v) is 2.13. The van der Waals surface area contributed by atoms with E-state index in [-0.39, 0.29) is 0 Å². The van der Waals surface area contributed by atoms with Crippen LogP contribution in [-0.4, -0.2) is 34.8 Å². The number of carboxylic acid groups (broad SMARTS) is 1. The van der Waals surface area contributed by atoms with E-state index in [0.29, 0.717) is 4.90 Å². The monoisotopic (exact) mass is 193 g/mol. The summed E-state index contributed by atoms with van der Waals surface area (Å²) in [4.78, 5) is 11.0. The van der Waals surface area contributed by atoms with Gasteiger partial charge in [0, 0.05) is 7.05 Å². The summed E-state index contributed by atoms with van der Waals surface area (Å²) in [5.41, 5.74) is 4.89. The van der Waals surface area contributed by atoms with Crippen LogP contribution in [0.3, 0.4) is 0 Å². The second-order valence-electron chi connectivity index (χ2n) is 1.99. The molecule has 1 unspecified atom stereocenters. The zero-order valence-corrected chi connectivity index (χ0v) is 7.12. The molecule has 0 saturated heterocycles. The molecule has 0 rings (SSSR count). The predicted molar refractivity (Wildman–Crippen MR) is 39.4 cm³/mol. The van der Waals surface area contributed by atoms with E-state index in [1.54, 1.807) is 0 Å². The molecule has 68 valence electrons. The average molecular weight is 193 g/mol. The number of rotatable bonds is 3. The number of likely N-dealkylation sites (N-methyl/N-ethyl adjacent to an activating group) is 1. The molecule has 0 aromatic carbocycles. The van der Waals surface area contributed by atoms with Crippen LogP contribution < -0.4 is 5.73 Å². The second-order valence-corrected chi connectivity index (χ2v) is 3.05. The number of guanidine groups is 1. The van der Waals surface area contributed by atoms with E-state index >= 15 is 0 Å². The van der Waals surface area contributed by atoms with Gasteiger partial charge in [0.05, 0.1) is 0 Å². The Labute approximate surface area is 68.5 Å². The number of carbonyl (C=O) groups is 1. The zero-order valence-electron chi connectivity index (χ0n) is 6.22. The Bertz CT molecular complexity index is 265. The molecule has 0 bridgehead atoms. The van der Waals surface area contributed by atoms with Crippen molar-refractivity contribution in [2.75, 3.05) is 7.05 Å². The highest BCUT2D eigenvalue weighted by Crippen LogP contribution is 2.17. The minimum Gasteiger partial charge on any atom is -0.479 e. The molecule has 1 atom stereocenters. The molecule has 0 aromatic heterocycles. The molecule has 7 nitrogen and oxygen atoms in total. The van der Waals surface area contributed by atoms with Crippen LogP contribution in [0.1, 0.15) is 0 Å². The van der Waals surface area contributed by atoms with E-state index in [9.17, 15) is 13.9 Å². The molecule has 0 aliphatic rings. The van der Waals surface area contributed by atoms with Gasteiger partial charge in [0.25, 0.3) is 0 Å². The molecular formula is C4H8N3O4P. The Kier molecular flexibility index (Phi) is 3.43. The van der Waals surface area contributed by atoms with Crippen molar-refractivity contribution in [3.05, 3.63) is 0 Å². The van der Waals surface area contributed by atoms with Gasteiger partial charge in [-0.1, -0.05) is 0 Å². The van der Waals surface area contributed by atoms with E-state index in [1.165, 1.54) is 0 Å². The average Bonchev–Trinajstić information content (AvgIpc) is 1.85. The van der Waals surface area contributed by atoms with Gasteiger partial charge < -0.3 is 15.7 Å². The smallest absolute Gasteiger partial charge is 0.350 e. The first-order chi connectivity index (χ1) is 5.37. The summed E-state index contributed by atoms with van der Waals surface area (Å²) in [7, 11) is -2.05. The summed E-state index contributed by atoms with van der Waals surface area (Å²) in [5.74, 6) is -3.93. The molecule has 0 radical (unpaired) electrons. The van der Waals surface area contributed by atoms with Crippen molar-refractivity contribution in [1.29, 1.82) is 5.41 Å². The predicted octanol–water partition coefficient (Wildman–Crippen LogP) is -0.605. The van der Waals surface area contributed by atoms with Crippen LogP contribution in [0.15, 0.2) is 0 Å². The molecule has 4 N–H and O–H groups in total. The topological polar surface area (TPSA) is 125 Å². The fourth-order valence-corrected chi connectivity index (χ4v) is 1.12. The lowest BCUT2D eigenvalue weighted by atomic mass is 10.6. The van der Waals surface area contributed by atoms with Crippen LogP contribution in [0.5, 0.6) is 0 Å². The van der Waals surface area contributed by atoms with Crippen molar-refractivity contribution in [2.24, 2.45) is 5.73 Å².